The average Bonchev–Trinajstić information content (AvgIpc) is 3.51. The van der Waals surface area contributed by atoms with Crippen LogP contribution in [0.1, 0.15) is 100 Å². The van der Waals surface area contributed by atoms with Crippen molar-refractivity contribution in [2.24, 2.45) is 22.2 Å². The largest absolute Gasteiger partial charge is 0.465 e. The van der Waals surface area contributed by atoms with Gasteiger partial charge in [-0.3, -0.25) is 4.79 Å². The van der Waals surface area contributed by atoms with E-state index in [4.69, 9.17) is 4.74 Å². The van der Waals surface area contributed by atoms with E-state index in [2.05, 4.69) is 69.5 Å². The van der Waals surface area contributed by atoms with E-state index in [-0.39, 0.29) is 16.8 Å². The molecule has 0 aromatic heterocycles. The first-order valence-electron chi connectivity index (χ1n) is 11.9. The molecule has 1 atom stereocenters. The second-order valence-corrected chi connectivity index (χ2v) is 10.9. The number of carbonyl (C=O) groups excluding carboxylic acids is 1. The number of nitrogens with zero attached hydrogens (tertiary/aromatic N) is 1. The lowest BCUT2D eigenvalue weighted by atomic mass is 9.49. The summed E-state index contributed by atoms with van der Waals surface area (Å²) >= 11 is 0. The molecular weight excluding hydrogens is 346 g/mol. The van der Waals surface area contributed by atoms with Crippen LogP contribution in [0.3, 0.4) is 0 Å². The summed E-state index contributed by atoms with van der Waals surface area (Å²) in [5, 5.41) is 0. The van der Waals surface area contributed by atoms with Crippen LogP contribution >= 0.6 is 0 Å². The number of hydrogen-bond acceptors (Lipinski definition) is 2. The molecule has 3 nitrogen and oxygen atoms in total. The summed E-state index contributed by atoms with van der Waals surface area (Å²) in [6.45, 7) is 19.7. The number of ether oxygens (including phenoxy) is 1. The Kier molecular flexibility index (Phi) is 8.63. The Morgan fingerprint density at radius 3 is 1.75 bits per heavy atom. The van der Waals surface area contributed by atoms with Crippen LogP contribution in [0.5, 0.6) is 0 Å². The second-order valence-electron chi connectivity index (χ2n) is 10.9. The first-order valence-corrected chi connectivity index (χ1v) is 11.9. The fraction of sp³-hybridized carbons (Fsp3) is 0.960. The maximum atomic E-state index is 13.6. The lowest BCUT2D eigenvalue weighted by molar-refractivity contribution is -0.904. The summed E-state index contributed by atoms with van der Waals surface area (Å²) in [6, 6.07) is 0.845. The maximum absolute atomic E-state index is 13.6. The second kappa shape index (κ2) is 9.49. The van der Waals surface area contributed by atoms with Crippen molar-refractivity contribution in [3.8, 4) is 0 Å². The van der Waals surface area contributed by atoms with Gasteiger partial charge in [-0.2, -0.15) is 0 Å². The van der Waals surface area contributed by atoms with E-state index < -0.39 is 5.41 Å². The van der Waals surface area contributed by atoms with Gasteiger partial charge in [-0.25, -0.2) is 0 Å². The zero-order valence-corrected chi connectivity index (χ0v) is 20.8. The molecule has 1 unspecified atom stereocenters. The summed E-state index contributed by atoms with van der Waals surface area (Å²) in [5.41, 5.74) is -0.581. The lowest BCUT2D eigenvalue weighted by Crippen LogP contribution is -2.54. The fourth-order valence-electron chi connectivity index (χ4n) is 5.45. The zero-order valence-electron chi connectivity index (χ0n) is 20.8. The normalized spacial score (nSPS) is 17.5. The molecule has 28 heavy (non-hydrogen) atoms. The summed E-state index contributed by atoms with van der Waals surface area (Å²) in [6.07, 6.45) is 7.67. The van der Waals surface area contributed by atoms with Crippen LogP contribution in [0.25, 0.3) is 0 Å². The molecule has 0 N–H and O–H groups in total. The molecular formula is C25H50NO2+. The van der Waals surface area contributed by atoms with E-state index in [1.165, 1.54) is 19.4 Å². The highest BCUT2D eigenvalue weighted by Crippen LogP contribution is 2.58. The van der Waals surface area contributed by atoms with Crippen LogP contribution in [0, 0.1) is 22.2 Å². The Labute approximate surface area is 176 Å². The molecule has 3 heteroatoms. The smallest absolute Gasteiger partial charge is 0.312 e. The lowest BCUT2D eigenvalue weighted by Gasteiger charge is -2.54. The Hall–Kier alpha value is -0.570. The molecule has 0 bridgehead atoms. The highest BCUT2D eigenvalue weighted by molar-refractivity contribution is 5.78. The predicted molar refractivity (Wildman–Crippen MR) is 120 cm³/mol. The molecule has 0 aromatic carbocycles. The molecule has 0 spiro atoms. The Morgan fingerprint density at radius 2 is 1.39 bits per heavy atom. The highest BCUT2D eigenvalue weighted by Gasteiger charge is 2.58. The van der Waals surface area contributed by atoms with Crippen molar-refractivity contribution in [1.29, 1.82) is 0 Å². The minimum atomic E-state index is -0.473. The van der Waals surface area contributed by atoms with Gasteiger partial charge in [0.1, 0.15) is 0 Å². The monoisotopic (exact) mass is 396 g/mol. The van der Waals surface area contributed by atoms with Gasteiger partial charge in [-0.15, -0.1) is 0 Å². The highest BCUT2D eigenvalue weighted by atomic mass is 16.5. The predicted octanol–water partition coefficient (Wildman–Crippen LogP) is 6.45. The summed E-state index contributed by atoms with van der Waals surface area (Å²) in [7, 11) is 4.69. The summed E-state index contributed by atoms with van der Waals surface area (Å²) in [4.78, 5) is 13.6. The molecule has 1 saturated carbocycles. The van der Waals surface area contributed by atoms with Gasteiger partial charge in [0.25, 0.3) is 0 Å². The van der Waals surface area contributed by atoms with Gasteiger partial charge in [0.15, 0.2) is 0 Å². The van der Waals surface area contributed by atoms with Gasteiger partial charge < -0.3 is 9.22 Å². The van der Waals surface area contributed by atoms with E-state index in [1.54, 1.807) is 0 Å². The van der Waals surface area contributed by atoms with Crippen LogP contribution in [-0.4, -0.2) is 43.7 Å². The molecule has 0 heterocycles. The third kappa shape index (κ3) is 4.94. The standard InChI is InChI=1S/C25H50NO2/c1-11-23(6,12-2)25(8,24(7,13-3)14-4)22(27)28-18-17-20(5)19-26(9,10)21-15-16-21/h20-21H,11-19H2,1-10H3/q+1. The van der Waals surface area contributed by atoms with Crippen molar-refractivity contribution in [2.75, 3.05) is 27.2 Å². The fourth-order valence-corrected chi connectivity index (χ4v) is 5.45. The van der Waals surface area contributed by atoms with Gasteiger partial charge in [0, 0.05) is 18.8 Å². The van der Waals surface area contributed by atoms with Crippen LogP contribution in [0.2, 0.25) is 0 Å². The Bertz CT molecular complexity index is 481. The number of hydrogen-bond donors (Lipinski definition) is 0. The van der Waals surface area contributed by atoms with Crippen LogP contribution < -0.4 is 0 Å². The van der Waals surface area contributed by atoms with Crippen molar-refractivity contribution in [2.45, 2.75) is 106 Å². The third-order valence-electron chi connectivity index (χ3n) is 9.11. The molecule has 166 valence electrons. The first kappa shape index (κ1) is 25.5. The molecule has 0 radical (unpaired) electrons. The molecule has 1 fully saturated rings. The van der Waals surface area contributed by atoms with Gasteiger partial charge in [-0.05, 0) is 49.9 Å². The summed E-state index contributed by atoms with van der Waals surface area (Å²) in [5.74, 6) is 0.593. The maximum Gasteiger partial charge on any atom is 0.312 e. The van der Waals surface area contributed by atoms with Gasteiger partial charge in [-0.1, -0.05) is 48.5 Å². The van der Waals surface area contributed by atoms with E-state index in [0.717, 1.165) is 42.6 Å². The zero-order chi connectivity index (χ0) is 21.8. The quantitative estimate of drug-likeness (QED) is 0.264. The molecule has 0 saturated heterocycles. The van der Waals surface area contributed by atoms with Crippen LogP contribution in [0.4, 0.5) is 0 Å². The number of esters is 1. The third-order valence-corrected chi connectivity index (χ3v) is 9.11. The molecule has 1 aliphatic carbocycles. The van der Waals surface area contributed by atoms with Gasteiger partial charge >= 0.3 is 5.97 Å². The van der Waals surface area contributed by atoms with E-state index in [1.807, 2.05) is 0 Å². The van der Waals surface area contributed by atoms with E-state index in [0.29, 0.717) is 12.5 Å². The summed E-state index contributed by atoms with van der Waals surface area (Å²) < 4.78 is 7.13. The van der Waals surface area contributed by atoms with Crippen molar-refractivity contribution in [3.63, 3.8) is 0 Å². The van der Waals surface area contributed by atoms with Gasteiger partial charge in [0.05, 0.1) is 38.7 Å². The SMILES string of the molecule is CCC(C)(CC)C(C)(C(=O)OCCC(C)C[N+](C)(C)C1CC1)C(C)(CC)CC. The van der Waals surface area contributed by atoms with Crippen molar-refractivity contribution in [1.82, 2.24) is 0 Å². The minimum absolute atomic E-state index is 0.0213. The average molecular weight is 397 g/mol. The number of rotatable bonds is 13. The molecule has 1 rings (SSSR count). The molecule has 0 amide bonds. The number of carbonyl (C=O) groups is 1. The molecule has 1 aliphatic rings. The topological polar surface area (TPSA) is 26.3 Å². The van der Waals surface area contributed by atoms with Gasteiger partial charge in [0.2, 0.25) is 0 Å². The minimum Gasteiger partial charge on any atom is -0.465 e. The Morgan fingerprint density at radius 1 is 0.964 bits per heavy atom. The molecule has 0 aromatic rings. The van der Waals surface area contributed by atoms with Crippen LogP contribution in [0.15, 0.2) is 0 Å². The number of quaternary nitrogens is 1. The molecule has 0 aliphatic heterocycles. The van der Waals surface area contributed by atoms with E-state index >= 15 is 0 Å². The van der Waals surface area contributed by atoms with Crippen LogP contribution in [-0.2, 0) is 9.53 Å². The van der Waals surface area contributed by atoms with Crippen molar-refractivity contribution in [3.05, 3.63) is 0 Å². The first-order chi connectivity index (χ1) is 12.9. The van der Waals surface area contributed by atoms with E-state index in [9.17, 15) is 4.79 Å². The van der Waals surface area contributed by atoms with Crippen molar-refractivity contribution >= 4 is 5.97 Å². The van der Waals surface area contributed by atoms with Crippen molar-refractivity contribution < 1.29 is 14.0 Å². The Balaban J connectivity index is 2.84.